The molecule has 1 nitrogen and oxygen atoms in total. The zero-order valence-corrected chi connectivity index (χ0v) is 4.59. The Labute approximate surface area is 41.4 Å². The molecule has 0 atom stereocenters. The summed E-state index contributed by atoms with van der Waals surface area (Å²) in [7, 11) is 9.63. The summed E-state index contributed by atoms with van der Waals surface area (Å²) in [6.07, 6.45) is 0. The van der Waals surface area contributed by atoms with Crippen molar-refractivity contribution in [2.75, 3.05) is 0 Å². The fraction of sp³-hybridized carbons (Fsp3) is 0. The van der Waals surface area contributed by atoms with Crippen molar-refractivity contribution in [1.82, 2.24) is 6.15 Å². The number of hydrogen-bond acceptors (Lipinski definition) is 0. The summed E-state index contributed by atoms with van der Waals surface area (Å²) in [5.41, 5.74) is 0. The van der Waals surface area contributed by atoms with Gasteiger partial charge >= 0.3 is 35.0 Å². The van der Waals surface area contributed by atoms with Gasteiger partial charge in [0.1, 0.15) is 0 Å². The van der Waals surface area contributed by atoms with Gasteiger partial charge in [-0.2, -0.15) is 0 Å². The third-order valence-electron chi connectivity index (χ3n) is 0. The summed E-state index contributed by atoms with van der Waals surface area (Å²) >= 11 is -0.106. The Morgan fingerprint density at radius 2 is 1.25 bits per heavy atom. The minimum absolute atomic E-state index is 0. The van der Waals surface area contributed by atoms with E-state index in [-0.39, 0.29) is 22.1 Å². The zero-order chi connectivity index (χ0) is 2.71. The van der Waals surface area contributed by atoms with Gasteiger partial charge in [0.15, 0.2) is 0 Å². The van der Waals surface area contributed by atoms with E-state index in [4.69, 9.17) is 19.1 Å². The molecule has 4 heteroatoms. The van der Waals surface area contributed by atoms with E-state index in [1.807, 2.05) is 0 Å². The van der Waals surface area contributed by atoms with E-state index in [9.17, 15) is 0 Å². The molecule has 0 spiro atoms. The molecular formula is Cl2NPd. The molecule has 0 rings (SSSR count). The number of hydrogen-bond donors (Lipinski definition) is 0. The van der Waals surface area contributed by atoms with Gasteiger partial charge in [-0.3, -0.25) is 0 Å². The molecule has 0 heterocycles. The molecule has 3 radical (unpaired) electrons. The van der Waals surface area contributed by atoms with Gasteiger partial charge in [-0.25, -0.2) is 0 Å². The van der Waals surface area contributed by atoms with Gasteiger partial charge in [0, 0.05) is 6.15 Å². The molecule has 0 aromatic rings. The van der Waals surface area contributed by atoms with Crippen molar-refractivity contribution < 1.29 is 15.9 Å². The summed E-state index contributed by atoms with van der Waals surface area (Å²) in [6, 6.07) is 0. The Hall–Kier alpha value is 1.20. The van der Waals surface area contributed by atoms with Crippen molar-refractivity contribution >= 4 is 19.1 Å². The van der Waals surface area contributed by atoms with Crippen molar-refractivity contribution in [3.05, 3.63) is 0 Å². The van der Waals surface area contributed by atoms with Crippen LogP contribution in [0.5, 0.6) is 0 Å². The van der Waals surface area contributed by atoms with Gasteiger partial charge < -0.3 is 0 Å². The quantitative estimate of drug-likeness (QED) is 0.509. The zero-order valence-electron chi connectivity index (χ0n) is 1.52. The van der Waals surface area contributed by atoms with Crippen LogP contribution in [-0.2, 0) is 15.9 Å². The van der Waals surface area contributed by atoms with Crippen molar-refractivity contribution in [1.29, 1.82) is 0 Å². The maximum atomic E-state index is 4.81. The summed E-state index contributed by atoms with van der Waals surface area (Å²) in [5, 5.41) is 0. The third kappa shape index (κ3) is 10.7. The first-order valence-electron chi connectivity index (χ1n) is 0.239. The summed E-state index contributed by atoms with van der Waals surface area (Å²) in [6.45, 7) is 0. The Balaban J connectivity index is 0. The van der Waals surface area contributed by atoms with Gasteiger partial charge in [-0.05, 0) is 0 Å². The summed E-state index contributed by atoms with van der Waals surface area (Å²) in [5.74, 6) is 0. The van der Waals surface area contributed by atoms with E-state index in [0.29, 0.717) is 0 Å². The average Bonchev–Trinajstić information content (AvgIpc) is 0.918. The van der Waals surface area contributed by atoms with Crippen LogP contribution < -0.4 is 6.15 Å². The van der Waals surface area contributed by atoms with Crippen LogP contribution in [0.3, 0.4) is 0 Å². The van der Waals surface area contributed by atoms with E-state index in [0.717, 1.165) is 0 Å². The van der Waals surface area contributed by atoms with Gasteiger partial charge in [0.05, 0.1) is 0 Å². The normalized spacial score (nSPS) is 5.50. The molecule has 0 aliphatic carbocycles. The standard InChI is InChI=1S/2ClH.N.Pd/h2*1H;;/q;;;+2/p-2. The van der Waals surface area contributed by atoms with Crippen molar-refractivity contribution in [2.45, 2.75) is 0 Å². The molecule has 0 unspecified atom stereocenters. The molecule has 0 aromatic carbocycles. The van der Waals surface area contributed by atoms with E-state index in [1.54, 1.807) is 0 Å². The van der Waals surface area contributed by atoms with Crippen LogP contribution in [0.4, 0.5) is 0 Å². The van der Waals surface area contributed by atoms with E-state index in [2.05, 4.69) is 0 Å². The smallest absolute Gasteiger partial charge is 0 e. The van der Waals surface area contributed by atoms with Gasteiger partial charge in [-0.15, -0.1) is 0 Å². The first-order valence-corrected chi connectivity index (χ1v) is 4.24. The Bertz CT molecular complexity index is 6.00. The minimum atomic E-state index is -0.106. The summed E-state index contributed by atoms with van der Waals surface area (Å²) in [4.78, 5) is 0. The predicted octanol–water partition coefficient (Wildman–Crippen LogP) is 0.896. The second-order valence-corrected chi connectivity index (χ2v) is 2.41. The second kappa shape index (κ2) is 8.88. The largest absolute Gasteiger partial charge is 0 e. The predicted molar refractivity (Wildman–Crippen MR) is 13.8 cm³/mol. The summed E-state index contributed by atoms with van der Waals surface area (Å²) < 4.78 is 0. The molecule has 0 aromatic heterocycles. The molecule has 29 valence electrons. The van der Waals surface area contributed by atoms with Crippen molar-refractivity contribution in [2.24, 2.45) is 0 Å². The molecule has 0 fully saturated rings. The van der Waals surface area contributed by atoms with Gasteiger partial charge in [-0.1, -0.05) is 0 Å². The maximum Gasteiger partial charge on any atom is 0 e. The molecule has 0 amide bonds. The van der Waals surface area contributed by atoms with Crippen LogP contribution in [0, 0.1) is 0 Å². The molecule has 0 N–H and O–H groups in total. The van der Waals surface area contributed by atoms with Crippen LogP contribution in [-0.4, -0.2) is 0 Å². The maximum absolute atomic E-state index is 4.81. The van der Waals surface area contributed by atoms with Crippen LogP contribution in [0.25, 0.3) is 0 Å². The number of nitrogens with zero attached hydrogens (tertiary/aromatic N) is 1. The third-order valence-corrected chi connectivity index (χ3v) is 0. The molecule has 0 saturated heterocycles. The second-order valence-electron chi connectivity index (χ2n) is 0.0452. The molecule has 0 aliphatic heterocycles. The fourth-order valence-electron chi connectivity index (χ4n) is 0. The van der Waals surface area contributed by atoms with Crippen LogP contribution in [0.2, 0.25) is 0 Å². The van der Waals surface area contributed by atoms with Crippen LogP contribution in [0.15, 0.2) is 0 Å². The Morgan fingerprint density at radius 3 is 1.25 bits per heavy atom. The molecule has 0 bridgehead atoms. The first-order chi connectivity index (χ1) is 1.41. The monoisotopic (exact) mass is 190 g/mol. The van der Waals surface area contributed by atoms with Crippen LogP contribution in [0.1, 0.15) is 0 Å². The molecular weight excluding hydrogens is 191 g/mol. The average molecular weight is 191 g/mol. The SMILES string of the molecule is [Cl][Pd][Cl].[N]. The Morgan fingerprint density at radius 1 is 1.25 bits per heavy atom. The number of rotatable bonds is 0. The molecule has 4 heavy (non-hydrogen) atoms. The van der Waals surface area contributed by atoms with Crippen LogP contribution >= 0.6 is 19.1 Å². The van der Waals surface area contributed by atoms with Crippen molar-refractivity contribution in [3.63, 3.8) is 0 Å². The topological polar surface area (TPSA) is 30.5 Å². The molecule has 0 saturated carbocycles. The van der Waals surface area contributed by atoms with Gasteiger partial charge in [0.2, 0.25) is 0 Å². The van der Waals surface area contributed by atoms with E-state index in [1.165, 1.54) is 0 Å². The van der Waals surface area contributed by atoms with Crippen molar-refractivity contribution in [3.8, 4) is 0 Å². The van der Waals surface area contributed by atoms with Gasteiger partial charge in [0.25, 0.3) is 0 Å². The Kier molecular flexibility index (Phi) is 19.9. The first kappa shape index (κ1) is 8.96. The number of halogens is 2. The van der Waals surface area contributed by atoms with E-state index < -0.39 is 0 Å². The van der Waals surface area contributed by atoms with E-state index >= 15 is 0 Å². The minimum Gasteiger partial charge on any atom is 0 e. The fourth-order valence-corrected chi connectivity index (χ4v) is 0. The molecule has 0 aliphatic rings.